The normalized spacial score (nSPS) is 19.5. The van der Waals surface area contributed by atoms with Crippen molar-refractivity contribution in [2.45, 2.75) is 56.2 Å². The minimum Gasteiger partial charge on any atom is -0.497 e. The Bertz CT molecular complexity index is 2280. The molecule has 0 radical (unpaired) electrons. The Morgan fingerprint density at radius 3 is 1.75 bits per heavy atom. The standard InChI is InChI=1S/C47H50N2O7Si/c1-46(2,3)57(38-21-13-7-14-22-38,39-23-15-8-16-24-39)55-32-30-40-43(51)41(56-44(40)49-31-29-42(50)48-45(49)52)33-54-47(34-17-9-5-10-18-34,35-19-11-6-12-20-35)36-25-27-37(53-4)28-26-36/h5-29,31,40-41,43-44,51H,30,32-33H2,1-4H3,(H,48,50,52)/t40-,41-,43+,44-/m1/s1/i30D/t30?,40-,41-,43+,44-. The monoisotopic (exact) mass is 783 g/mol. The summed E-state index contributed by atoms with van der Waals surface area (Å²) in [6.07, 6.45) is -3.10. The van der Waals surface area contributed by atoms with Gasteiger partial charge in [-0.3, -0.25) is 14.3 Å². The van der Waals surface area contributed by atoms with Gasteiger partial charge in [-0.15, -0.1) is 0 Å². The van der Waals surface area contributed by atoms with Gasteiger partial charge >= 0.3 is 5.69 Å². The van der Waals surface area contributed by atoms with E-state index in [0.717, 1.165) is 27.1 Å². The van der Waals surface area contributed by atoms with Gasteiger partial charge in [-0.1, -0.05) is 154 Å². The number of benzene rings is 5. The maximum Gasteiger partial charge on any atom is 0.330 e. The Balaban J connectivity index is 1.27. The maximum absolute atomic E-state index is 13.4. The number of aliphatic hydroxyl groups is 1. The number of aliphatic hydroxyl groups excluding tert-OH is 1. The summed E-state index contributed by atoms with van der Waals surface area (Å²) in [5, 5.41) is 14.1. The summed E-state index contributed by atoms with van der Waals surface area (Å²) < 4.78 is 37.3. The zero-order valence-electron chi connectivity index (χ0n) is 33.7. The van der Waals surface area contributed by atoms with Gasteiger partial charge in [-0.25, -0.2) is 4.79 Å². The number of ether oxygens (including phenoxy) is 3. The van der Waals surface area contributed by atoms with Crippen molar-refractivity contribution in [3.05, 3.63) is 195 Å². The lowest BCUT2D eigenvalue weighted by atomic mass is 9.80. The first-order valence-electron chi connectivity index (χ1n) is 19.8. The highest BCUT2D eigenvalue weighted by atomic mass is 28.4. The molecule has 7 rings (SSSR count). The van der Waals surface area contributed by atoms with E-state index < -0.39 is 55.9 Å². The summed E-state index contributed by atoms with van der Waals surface area (Å²) >= 11 is 0. The van der Waals surface area contributed by atoms with Crippen molar-refractivity contribution in [1.82, 2.24) is 9.55 Å². The van der Waals surface area contributed by atoms with Crippen LogP contribution in [-0.2, 0) is 19.5 Å². The largest absolute Gasteiger partial charge is 0.497 e. The predicted molar refractivity (Wildman–Crippen MR) is 225 cm³/mol. The van der Waals surface area contributed by atoms with Crippen LogP contribution in [0.3, 0.4) is 0 Å². The SMILES string of the molecule is [2H]C(CO[Si](c1ccccc1)(c1ccccc1)C(C)(C)C)[C@@H]1[C@H](O)[C@@H](COC(c2ccccc2)(c2ccccc2)c2ccc(OC)cc2)O[C@H]1n1ccc(=O)[nH]c1=O. The maximum atomic E-state index is 13.4. The molecule has 6 aromatic rings. The molecule has 5 atom stereocenters. The second kappa shape index (κ2) is 17.0. The molecule has 1 unspecified atom stereocenters. The van der Waals surface area contributed by atoms with Gasteiger partial charge in [-0.2, -0.15) is 0 Å². The molecule has 294 valence electrons. The molecule has 0 bridgehead atoms. The number of H-pyrrole nitrogens is 1. The van der Waals surface area contributed by atoms with Crippen molar-refractivity contribution in [3.63, 3.8) is 0 Å². The quantitative estimate of drug-likeness (QED) is 0.0973. The van der Waals surface area contributed by atoms with Gasteiger partial charge in [0.15, 0.2) is 0 Å². The first-order valence-corrected chi connectivity index (χ1v) is 21.1. The van der Waals surface area contributed by atoms with Crippen LogP contribution in [0, 0.1) is 5.92 Å². The van der Waals surface area contributed by atoms with E-state index in [-0.39, 0.29) is 18.3 Å². The molecule has 10 heteroatoms. The number of aromatic nitrogens is 2. The molecule has 57 heavy (non-hydrogen) atoms. The molecule has 9 nitrogen and oxygen atoms in total. The second-order valence-corrected chi connectivity index (χ2v) is 19.6. The molecule has 1 aliphatic rings. The van der Waals surface area contributed by atoms with E-state index in [1.54, 1.807) is 7.11 Å². The average Bonchev–Trinajstić information content (AvgIpc) is 3.57. The smallest absolute Gasteiger partial charge is 0.330 e. The summed E-state index contributed by atoms with van der Waals surface area (Å²) in [6.45, 7) is 6.30. The van der Waals surface area contributed by atoms with E-state index >= 15 is 0 Å². The molecule has 2 N–H and O–H groups in total. The number of aromatic amines is 1. The molecular weight excluding hydrogens is 733 g/mol. The van der Waals surface area contributed by atoms with Crippen LogP contribution in [0.5, 0.6) is 5.75 Å². The highest BCUT2D eigenvalue weighted by molar-refractivity contribution is 6.99. The second-order valence-electron chi connectivity index (χ2n) is 15.3. The van der Waals surface area contributed by atoms with Gasteiger partial charge in [0, 0.05) is 26.2 Å². The Morgan fingerprint density at radius 1 is 0.754 bits per heavy atom. The van der Waals surface area contributed by atoms with E-state index in [9.17, 15) is 16.1 Å². The van der Waals surface area contributed by atoms with Crippen LogP contribution in [0.1, 0.15) is 51.5 Å². The fraction of sp³-hybridized carbons (Fsp3) is 0.277. The molecule has 0 aliphatic carbocycles. The molecule has 0 amide bonds. The van der Waals surface area contributed by atoms with Crippen molar-refractivity contribution in [1.29, 1.82) is 0 Å². The van der Waals surface area contributed by atoms with E-state index in [0.29, 0.717) is 5.75 Å². The minimum absolute atomic E-state index is 0.0651. The molecule has 5 aromatic carbocycles. The number of rotatable bonds is 14. The Labute approximate surface area is 336 Å². The summed E-state index contributed by atoms with van der Waals surface area (Å²) in [5.74, 6) is -0.272. The first-order chi connectivity index (χ1) is 28.0. The van der Waals surface area contributed by atoms with Gasteiger partial charge in [0.2, 0.25) is 0 Å². The van der Waals surface area contributed by atoms with Crippen molar-refractivity contribution in [2.75, 3.05) is 20.3 Å². The van der Waals surface area contributed by atoms with Crippen molar-refractivity contribution < 1.29 is 25.1 Å². The van der Waals surface area contributed by atoms with Crippen LogP contribution in [0.2, 0.25) is 5.04 Å². The van der Waals surface area contributed by atoms with E-state index in [1.807, 2.05) is 121 Å². The van der Waals surface area contributed by atoms with Crippen LogP contribution < -0.4 is 26.4 Å². The third-order valence-electron chi connectivity index (χ3n) is 11.0. The van der Waals surface area contributed by atoms with Gasteiger partial charge in [0.25, 0.3) is 13.9 Å². The number of nitrogens with one attached hydrogen (secondary N) is 1. The molecular formula is C47H50N2O7Si. The zero-order chi connectivity index (χ0) is 40.9. The van der Waals surface area contributed by atoms with Crippen LogP contribution in [0.25, 0.3) is 0 Å². The molecule has 0 spiro atoms. The van der Waals surface area contributed by atoms with E-state index in [1.165, 1.54) is 16.8 Å². The molecule has 2 heterocycles. The summed E-state index contributed by atoms with van der Waals surface area (Å²) in [5.41, 5.74) is 0.0793. The Hall–Kier alpha value is -5.36. The number of nitrogens with zero attached hydrogens (tertiary/aromatic N) is 1. The first kappa shape index (κ1) is 38.5. The van der Waals surface area contributed by atoms with Crippen molar-refractivity contribution in [3.8, 4) is 5.75 Å². The Kier molecular flexibility index (Phi) is 11.5. The van der Waals surface area contributed by atoms with Gasteiger partial charge < -0.3 is 23.7 Å². The molecule has 1 aliphatic heterocycles. The topological polar surface area (TPSA) is 112 Å². The van der Waals surface area contributed by atoms with Crippen LogP contribution in [0.4, 0.5) is 0 Å². The van der Waals surface area contributed by atoms with E-state index in [2.05, 4.69) is 50.0 Å². The van der Waals surface area contributed by atoms with Crippen LogP contribution in [-0.4, -0.2) is 55.5 Å². The zero-order valence-corrected chi connectivity index (χ0v) is 33.7. The fourth-order valence-electron chi connectivity index (χ4n) is 8.21. The summed E-state index contributed by atoms with van der Waals surface area (Å²) in [6, 6.07) is 48.9. The van der Waals surface area contributed by atoms with Gasteiger partial charge in [0.05, 0.1) is 19.8 Å². The highest BCUT2D eigenvalue weighted by Gasteiger charge is 2.51. The van der Waals surface area contributed by atoms with E-state index in [4.69, 9.17) is 18.6 Å². The third kappa shape index (κ3) is 7.84. The van der Waals surface area contributed by atoms with Crippen LogP contribution in [0.15, 0.2) is 167 Å². The highest BCUT2D eigenvalue weighted by Crippen LogP contribution is 2.44. The van der Waals surface area contributed by atoms with Crippen LogP contribution >= 0.6 is 0 Å². The number of hydrogen-bond acceptors (Lipinski definition) is 7. The van der Waals surface area contributed by atoms with Crippen molar-refractivity contribution >= 4 is 18.7 Å². The average molecular weight is 784 g/mol. The number of hydrogen-bond donors (Lipinski definition) is 2. The van der Waals surface area contributed by atoms with Gasteiger partial charge in [0.1, 0.15) is 23.7 Å². The predicted octanol–water partition coefficient (Wildman–Crippen LogP) is 6.40. The fourth-order valence-corrected chi connectivity index (χ4v) is 12.7. The minimum atomic E-state index is -3.07. The Morgan fingerprint density at radius 2 is 1.26 bits per heavy atom. The number of methoxy groups -OCH3 is 1. The third-order valence-corrected chi connectivity index (χ3v) is 16.0. The van der Waals surface area contributed by atoms with Crippen molar-refractivity contribution in [2.24, 2.45) is 5.92 Å². The lowest BCUT2D eigenvalue weighted by Gasteiger charge is -2.43. The summed E-state index contributed by atoms with van der Waals surface area (Å²) in [4.78, 5) is 27.9. The molecule has 1 aromatic heterocycles. The summed E-state index contributed by atoms with van der Waals surface area (Å²) in [7, 11) is -1.46. The molecule has 1 fully saturated rings. The molecule has 0 saturated carbocycles. The lowest BCUT2D eigenvalue weighted by Crippen LogP contribution is -2.66. The van der Waals surface area contributed by atoms with Gasteiger partial charge in [-0.05, 0) is 50.6 Å². The lowest BCUT2D eigenvalue weighted by molar-refractivity contribution is -0.0949. The molecule has 1 saturated heterocycles.